The third-order valence-corrected chi connectivity index (χ3v) is 5.00. The van der Waals surface area contributed by atoms with E-state index >= 15 is 0 Å². The van der Waals surface area contributed by atoms with E-state index in [1.807, 2.05) is 18.2 Å². The highest BCUT2D eigenvalue weighted by molar-refractivity contribution is 6.33. The molecule has 0 amide bonds. The fourth-order valence-corrected chi connectivity index (χ4v) is 3.54. The second-order valence-corrected chi connectivity index (χ2v) is 6.60. The van der Waals surface area contributed by atoms with Crippen LogP contribution in [0.3, 0.4) is 0 Å². The van der Waals surface area contributed by atoms with Crippen molar-refractivity contribution in [2.75, 3.05) is 27.9 Å². The quantitative estimate of drug-likeness (QED) is 0.556. The molecule has 0 radical (unpaired) electrons. The third kappa shape index (κ3) is 3.73. The van der Waals surface area contributed by atoms with E-state index in [0.29, 0.717) is 23.4 Å². The standard InChI is InChI=1S/C20H24ClN3O3/c1-5-13(9-11-25-2)24-19-18(23-20(24)27-4)16(8-10-22-19)15-7-6-14(26-3)12-17(15)21/h6-8,10,12-13H,5,9,11H2,1-4H3. The maximum absolute atomic E-state index is 6.50. The van der Waals surface area contributed by atoms with E-state index in [1.165, 1.54) is 0 Å². The fourth-order valence-electron chi connectivity index (χ4n) is 3.27. The molecule has 0 saturated carbocycles. The van der Waals surface area contributed by atoms with E-state index in [9.17, 15) is 0 Å². The maximum Gasteiger partial charge on any atom is 0.298 e. The normalized spacial score (nSPS) is 12.3. The lowest BCUT2D eigenvalue weighted by Crippen LogP contribution is -2.12. The summed E-state index contributed by atoms with van der Waals surface area (Å²) in [6.45, 7) is 2.79. The molecule has 27 heavy (non-hydrogen) atoms. The van der Waals surface area contributed by atoms with Gasteiger partial charge in [0, 0.05) is 37.1 Å². The van der Waals surface area contributed by atoms with Gasteiger partial charge in [0.2, 0.25) is 0 Å². The van der Waals surface area contributed by atoms with Gasteiger partial charge in [-0.1, -0.05) is 18.5 Å². The molecule has 0 aliphatic rings. The Morgan fingerprint density at radius 3 is 2.56 bits per heavy atom. The van der Waals surface area contributed by atoms with Crippen LogP contribution in [0.5, 0.6) is 11.8 Å². The Hall–Kier alpha value is -2.31. The Kier molecular flexibility index (Phi) is 6.19. The van der Waals surface area contributed by atoms with Gasteiger partial charge in [0.15, 0.2) is 5.65 Å². The van der Waals surface area contributed by atoms with Crippen LogP contribution in [-0.2, 0) is 4.74 Å². The van der Waals surface area contributed by atoms with E-state index in [2.05, 4.69) is 16.5 Å². The van der Waals surface area contributed by atoms with Crippen molar-refractivity contribution in [1.82, 2.24) is 14.5 Å². The summed E-state index contributed by atoms with van der Waals surface area (Å²) in [4.78, 5) is 9.30. The molecule has 1 unspecified atom stereocenters. The van der Waals surface area contributed by atoms with E-state index in [0.717, 1.165) is 35.1 Å². The number of benzene rings is 1. The number of methoxy groups -OCH3 is 3. The van der Waals surface area contributed by atoms with Gasteiger partial charge in [0.25, 0.3) is 6.01 Å². The van der Waals surface area contributed by atoms with E-state index < -0.39 is 0 Å². The van der Waals surface area contributed by atoms with Crippen LogP contribution < -0.4 is 9.47 Å². The minimum absolute atomic E-state index is 0.180. The van der Waals surface area contributed by atoms with Gasteiger partial charge in [0.05, 0.1) is 19.2 Å². The zero-order valence-corrected chi connectivity index (χ0v) is 16.8. The number of aromatic nitrogens is 3. The van der Waals surface area contributed by atoms with Crippen molar-refractivity contribution >= 4 is 22.8 Å². The molecule has 3 rings (SSSR count). The maximum atomic E-state index is 6.50. The Balaban J connectivity index is 2.17. The number of rotatable bonds is 8. The topological polar surface area (TPSA) is 58.4 Å². The molecule has 2 aromatic heterocycles. The number of hydrogen-bond donors (Lipinski definition) is 0. The third-order valence-electron chi connectivity index (χ3n) is 4.69. The van der Waals surface area contributed by atoms with Gasteiger partial charge in [-0.25, -0.2) is 4.98 Å². The van der Waals surface area contributed by atoms with Gasteiger partial charge in [-0.3, -0.25) is 4.57 Å². The van der Waals surface area contributed by atoms with Gasteiger partial charge in [-0.05, 0) is 37.1 Å². The predicted molar refractivity (Wildman–Crippen MR) is 107 cm³/mol. The van der Waals surface area contributed by atoms with Gasteiger partial charge < -0.3 is 14.2 Å². The Bertz CT molecular complexity index is 926. The molecule has 0 N–H and O–H groups in total. The number of ether oxygens (including phenoxy) is 3. The molecule has 6 nitrogen and oxygen atoms in total. The van der Waals surface area contributed by atoms with Crippen LogP contribution >= 0.6 is 11.6 Å². The highest BCUT2D eigenvalue weighted by atomic mass is 35.5. The molecule has 0 bridgehead atoms. The predicted octanol–water partition coefficient (Wildman–Crippen LogP) is 4.76. The number of nitrogens with zero attached hydrogens (tertiary/aromatic N) is 3. The number of halogens is 1. The van der Waals surface area contributed by atoms with Crippen molar-refractivity contribution < 1.29 is 14.2 Å². The molecule has 0 aliphatic carbocycles. The Morgan fingerprint density at radius 2 is 1.93 bits per heavy atom. The van der Waals surface area contributed by atoms with Gasteiger partial charge in [-0.2, -0.15) is 4.98 Å². The fraction of sp³-hybridized carbons (Fsp3) is 0.400. The van der Waals surface area contributed by atoms with Crippen LogP contribution in [-0.4, -0.2) is 42.5 Å². The summed E-state index contributed by atoms with van der Waals surface area (Å²) in [7, 11) is 4.95. The molecule has 7 heteroatoms. The summed E-state index contributed by atoms with van der Waals surface area (Å²) in [5, 5.41) is 0.599. The summed E-state index contributed by atoms with van der Waals surface area (Å²) < 4.78 is 18.1. The van der Waals surface area contributed by atoms with Gasteiger partial charge in [0.1, 0.15) is 11.3 Å². The first-order valence-corrected chi connectivity index (χ1v) is 9.26. The van der Waals surface area contributed by atoms with Crippen molar-refractivity contribution in [2.45, 2.75) is 25.8 Å². The molecule has 0 fully saturated rings. The van der Waals surface area contributed by atoms with E-state index in [1.54, 1.807) is 33.6 Å². The van der Waals surface area contributed by atoms with Crippen LogP contribution in [0, 0.1) is 0 Å². The van der Waals surface area contributed by atoms with Crippen molar-refractivity contribution in [2.24, 2.45) is 0 Å². The summed E-state index contributed by atoms with van der Waals surface area (Å²) in [6, 6.07) is 8.25. The van der Waals surface area contributed by atoms with Crippen LogP contribution in [0.25, 0.3) is 22.3 Å². The second-order valence-electron chi connectivity index (χ2n) is 6.19. The van der Waals surface area contributed by atoms with Crippen LogP contribution in [0.1, 0.15) is 25.8 Å². The highest BCUT2D eigenvalue weighted by Crippen LogP contribution is 2.37. The molecular weight excluding hydrogens is 366 g/mol. The SMILES string of the molecule is CCC(CCOC)n1c(OC)nc2c(-c3ccc(OC)cc3Cl)ccnc21. The smallest absolute Gasteiger partial charge is 0.298 e. The van der Waals surface area contributed by atoms with Gasteiger partial charge in [-0.15, -0.1) is 0 Å². The van der Waals surface area contributed by atoms with E-state index in [-0.39, 0.29) is 6.04 Å². The first kappa shape index (κ1) is 19.5. The highest BCUT2D eigenvalue weighted by Gasteiger charge is 2.22. The first-order valence-electron chi connectivity index (χ1n) is 8.88. The summed E-state index contributed by atoms with van der Waals surface area (Å²) in [5.74, 6) is 0.711. The largest absolute Gasteiger partial charge is 0.497 e. The molecule has 1 aromatic carbocycles. The number of pyridine rings is 1. The molecule has 0 spiro atoms. The average Bonchev–Trinajstić information content (AvgIpc) is 3.07. The van der Waals surface area contributed by atoms with Gasteiger partial charge >= 0.3 is 0 Å². The molecular formula is C20H24ClN3O3. The molecule has 144 valence electrons. The van der Waals surface area contributed by atoms with E-state index in [4.69, 9.17) is 30.8 Å². The summed E-state index contributed by atoms with van der Waals surface area (Å²) >= 11 is 6.50. The van der Waals surface area contributed by atoms with Crippen LogP contribution in [0.4, 0.5) is 0 Å². The number of hydrogen-bond acceptors (Lipinski definition) is 5. The second kappa shape index (κ2) is 8.59. The Morgan fingerprint density at radius 1 is 1.11 bits per heavy atom. The summed E-state index contributed by atoms with van der Waals surface area (Å²) in [5.41, 5.74) is 3.32. The average molecular weight is 390 g/mol. The molecule has 0 aliphatic heterocycles. The Labute approximate surface area is 164 Å². The molecule has 0 saturated heterocycles. The van der Waals surface area contributed by atoms with Crippen LogP contribution in [0.2, 0.25) is 5.02 Å². The van der Waals surface area contributed by atoms with Crippen molar-refractivity contribution in [1.29, 1.82) is 0 Å². The minimum Gasteiger partial charge on any atom is -0.497 e. The zero-order chi connectivity index (χ0) is 19.4. The zero-order valence-electron chi connectivity index (χ0n) is 16.0. The van der Waals surface area contributed by atoms with Crippen molar-refractivity contribution in [3.63, 3.8) is 0 Å². The van der Waals surface area contributed by atoms with Crippen molar-refractivity contribution in [3.05, 3.63) is 35.5 Å². The molecule has 2 heterocycles. The molecule has 3 aromatic rings. The minimum atomic E-state index is 0.180. The lowest BCUT2D eigenvalue weighted by Gasteiger charge is -2.18. The number of imidazole rings is 1. The summed E-state index contributed by atoms with van der Waals surface area (Å²) in [6.07, 6.45) is 3.54. The lowest BCUT2D eigenvalue weighted by molar-refractivity contribution is 0.175. The lowest BCUT2D eigenvalue weighted by atomic mass is 10.1. The first-order chi connectivity index (χ1) is 13.1. The van der Waals surface area contributed by atoms with Crippen molar-refractivity contribution in [3.8, 4) is 22.9 Å². The molecule has 1 atom stereocenters. The monoisotopic (exact) mass is 389 g/mol. The van der Waals surface area contributed by atoms with Crippen LogP contribution in [0.15, 0.2) is 30.5 Å². The number of fused-ring (bicyclic) bond motifs is 1.